The molecule has 1 heterocycles. The number of ether oxygens (including phenoxy) is 1. The number of hydrogen-bond donors (Lipinski definition) is 2. The first-order chi connectivity index (χ1) is 5.86. The lowest BCUT2D eigenvalue weighted by Crippen LogP contribution is -2.49. The topological polar surface area (TPSA) is 87.1 Å². The number of rotatable bonds is 1. The van der Waals surface area contributed by atoms with Gasteiger partial charge in [0.05, 0.1) is 6.61 Å². The molecule has 1 fully saturated rings. The van der Waals surface area contributed by atoms with Gasteiger partial charge in [-0.05, 0) is 13.8 Å². The quantitative estimate of drug-likeness (QED) is 0.614. The van der Waals surface area contributed by atoms with E-state index < -0.39 is 23.8 Å². The third-order valence-electron chi connectivity index (χ3n) is 1.98. The molecule has 1 rings (SSSR count). The van der Waals surface area contributed by atoms with Crippen LogP contribution in [0.25, 0.3) is 0 Å². The maximum atomic E-state index is 10.7. The summed E-state index contributed by atoms with van der Waals surface area (Å²) in [4.78, 5) is 22.1. The van der Waals surface area contributed by atoms with Crippen molar-refractivity contribution in [3.8, 4) is 0 Å². The second-order valence-electron chi connectivity index (χ2n) is 3.26. The van der Waals surface area contributed by atoms with Crippen molar-refractivity contribution in [2.45, 2.75) is 25.6 Å². The highest BCUT2D eigenvalue weighted by atomic mass is 16.5. The normalized spacial score (nSPS) is 26.0. The first-order valence-corrected chi connectivity index (χ1v) is 3.75. The Labute approximate surface area is 74.7 Å². The Morgan fingerprint density at radius 2 is 2.00 bits per heavy atom. The van der Waals surface area contributed by atoms with Crippen LogP contribution in [0.3, 0.4) is 0 Å². The van der Waals surface area contributed by atoms with Gasteiger partial charge < -0.3 is 14.9 Å². The van der Waals surface area contributed by atoms with Gasteiger partial charge in [-0.2, -0.15) is 0 Å². The lowest BCUT2D eigenvalue weighted by molar-refractivity contribution is -0.142. The van der Waals surface area contributed by atoms with Gasteiger partial charge in [-0.25, -0.2) is 9.59 Å². The van der Waals surface area contributed by atoms with Gasteiger partial charge >= 0.3 is 12.1 Å². The molecule has 1 aliphatic rings. The third-order valence-corrected chi connectivity index (χ3v) is 1.98. The highest BCUT2D eigenvalue weighted by Crippen LogP contribution is 2.27. The number of nitrogens with zero attached hydrogens (tertiary/aromatic N) is 1. The Balaban J connectivity index is 2.92. The minimum atomic E-state index is -1.28. The summed E-state index contributed by atoms with van der Waals surface area (Å²) in [6.07, 6.45) is -1.28. The van der Waals surface area contributed by atoms with Crippen LogP contribution in [0.4, 0.5) is 4.79 Å². The van der Waals surface area contributed by atoms with Crippen molar-refractivity contribution in [2.75, 3.05) is 6.61 Å². The molecular weight excluding hydrogens is 178 g/mol. The monoisotopic (exact) mass is 189 g/mol. The number of carboxylic acid groups (broad SMARTS) is 2. The number of aliphatic carboxylic acids is 1. The summed E-state index contributed by atoms with van der Waals surface area (Å²) in [7, 11) is 0. The zero-order chi connectivity index (χ0) is 10.2. The van der Waals surface area contributed by atoms with Crippen molar-refractivity contribution in [1.82, 2.24) is 4.90 Å². The molecule has 0 aromatic rings. The number of carbonyl (C=O) groups is 2. The Hall–Kier alpha value is -1.30. The highest BCUT2D eigenvalue weighted by Gasteiger charge is 2.47. The van der Waals surface area contributed by atoms with Gasteiger partial charge in [-0.15, -0.1) is 0 Å². The minimum Gasteiger partial charge on any atom is -0.480 e. The van der Waals surface area contributed by atoms with E-state index in [9.17, 15) is 9.59 Å². The van der Waals surface area contributed by atoms with E-state index in [-0.39, 0.29) is 6.61 Å². The summed E-state index contributed by atoms with van der Waals surface area (Å²) in [5, 5.41) is 17.4. The first-order valence-electron chi connectivity index (χ1n) is 3.75. The van der Waals surface area contributed by atoms with Crippen molar-refractivity contribution in [3.63, 3.8) is 0 Å². The molecule has 0 aromatic heterocycles. The lowest BCUT2D eigenvalue weighted by Gasteiger charge is -2.29. The standard InChI is InChI=1S/C7H11NO5/c1-7(2)8(6(11)12)4(3-13-7)5(9)10/h4H,3H2,1-2H3,(H,9,10)(H,11,12)/t4-/m0/s1. The van der Waals surface area contributed by atoms with E-state index in [4.69, 9.17) is 14.9 Å². The van der Waals surface area contributed by atoms with E-state index in [2.05, 4.69) is 0 Å². The number of hydrogen-bond acceptors (Lipinski definition) is 3. The molecule has 0 saturated carbocycles. The predicted octanol–water partition coefficient (Wildman–Crippen LogP) is 0.186. The van der Waals surface area contributed by atoms with E-state index in [0.717, 1.165) is 4.90 Å². The molecule has 0 spiro atoms. The third kappa shape index (κ3) is 1.57. The van der Waals surface area contributed by atoms with Gasteiger partial charge in [-0.1, -0.05) is 0 Å². The smallest absolute Gasteiger partial charge is 0.410 e. The van der Waals surface area contributed by atoms with Crippen LogP contribution < -0.4 is 0 Å². The van der Waals surface area contributed by atoms with Crippen molar-refractivity contribution in [1.29, 1.82) is 0 Å². The van der Waals surface area contributed by atoms with Gasteiger partial charge in [0, 0.05) is 0 Å². The van der Waals surface area contributed by atoms with Crippen LogP contribution >= 0.6 is 0 Å². The summed E-state index contributed by atoms with van der Waals surface area (Å²) in [5.41, 5.74) is -1.06. The van der Waals surface area contributed by atoms with Crippen molar-refractivity contribution in [2.24, 2.45) is 0 Å². The lowest BCUT2D eigenvalue weighted by atomic mass is 10.2. The van der Waals surface area contributed by atoms with Crippen LogP contribution in [-0.4, -0.2) is 45.5 Å². The van der Waals surface area contributed by atoms with Gasteiger partial charge in [0.25, 0.3) is 0 Å². The summed E-state index contributed by atoms with van der Waals surface area (Å²) in [6, 6.07) is -1.10. The predicted molar refractivity (Wildman–Crippen MR) is 41.3 cm³/mol. The molecule has 1 aliphatic heterocycles. The molecule has 74 valence electrons. The van der Waals surface area contributed by atoms with Crippen LogP contribution in [0, 0.1) is 0 Å². The molecule has 0 bridgehead atoms. The highest BCUT2D eigenvalue weighted by molar-refractivity contribution is 5.80. The van der Waals surface area contributed by atoms with Crippen LogP contribution in [0.1, 0.15) is 13.8 Å². The van der Waals surface area contributed by atoms with Crippen molar-refractivity contribution < 1.29 is 24.5 Å². The molecule has 0 radical (unpaired) electrons. The molecular formula is C7H11NO5. The molecule has 1 atom stereocenters. The Morgan fingerprint density at radius 3 is 2.31 bits per heavy atom. The fraction of sp³-hybridized carbons (Fsp3) is 0.714. The van der Waals surface area contributed by atoms with Gasteiger partial charge in [0.2, 0.25) is 0 Å². The van der Waals surface area contributed by atoms with Crippen LogP contribution in [0.2, 0.25) is 0 Å². The Bertz CT molecular complexity index is 249. The first kappa shape index (κ1) is 9.79. The average Bonchev–Trinajstić information content (AvgIpc) is 2.24. The van der Waals surface area contributed by atoms with E-state index in [0.29, 0.717) is 0 Å². The molecule has 2 N–H and O–H groups in total. The molecule has 6 nitrogen and oxygen atoms in total. The number of carboxylic acids is 1. The average molecular weight is 189 g/mol. The maximum absolute atomic E-state index is 10.7. The van der Waals surface area contributed by atoms with Crippen LogP contribution in [0.5, 0.6) is 0 Å². The zero-order valence-corrected chi connectivity index (χ0v) is 7.35. The second kappa shape index (κ2) is 2.88. The molecule has 1 saturated heterocycles. The molecule has 1 amide bonds. The molecule has 6 heteroatoms. The second-order valence-corrected chi connectivity index (χ2v) is 3.26. The van der Waals surface area contributed by atoms with Crippen LogP contribution in [0.15, 0.2) is 0 Å². The molecule has 0 unspecified atom stereocenters. The molecule has 0 aliphatic carbocycles. The summed E-state index contributed by atoms with van der Waals surface area (Å²) < 4.78 is 5.05. The largest absolute Gasteiger partial charge is 0.480 e. The van der Waals surface area contributed by atoms with Gasteiger partial charge in [0.15, 0.2) is 6.04 Å². The zero-order valence-electron chi connectivity index (χ0n) is 7.35. The fourth-order valence-electron chi connectivity index (χ4n) is 1.35. The van der Waals surface area contributed by atoms with Gasteiger partial charge in [-0.3, -0.25) is 4.90 Å². The summed E-state index contributed by atoms with van der Waals surface area (Å²) in [6.45, 7) is 2.93. The SMILES string of the molecule is CC1(C)OC[C@@H](C(=O)O)N1C(=O)O. The minimum absolute atomic E-state index is 0.103. The van der Waals surface area contributed by atoms with E-state index in [1.807, 2.05) is 0 Å². The van der Waals surface area contributed by atoms with E-state index in [1.165, 1.54) is 13.8 Å². The van der Waals surface area contributed by atoms with Crippen LogP contribution in [-0.2, 0) is 9.53 Å². The molecule has 13 heavy (non-hydrogen) atoms. The van der Waals surface area contributed by atoms with Crippen molar-refractivity contribution in [3.05, 3.63) is 0 Å². The summed E-state index contributed by atoms with van der Waals surface area (Å²) in [5.74, 6) is -1.19. The fourth-order valence-corrected chi connectivity index (χ4v) is 1.35. The number of amides is 1. The molecule has 0 aromatic carbocycles. The summed E-state index contributed by atoms with van der Waals surface area (Å²) >= 11 is 0. The van der Waals surface area contributed by atoms with E-state index in [1.54, 1.807) is 0 Å². The Morgan fingerprint density at radius 1 is 1.46 bits per heavy atom. The van der Waals surface area contributed by atoms with E-state index >= 15 is 0 Å². The Kier molecular flexibility index (Phi) is 2.17. The maximum Gasteiger partial charge on any atom is 0.410 e. The van der Waals surface area contributed by atoms with Crippen molar-refractivity contribution >= 4 is 12.1 Å². The van der Waals surface area contributed by atoms with Gasteiger partial charge in [0.1, 0.15) is 5.72 Å².